The van der Waals surface area contributed by atoms with E-state index < -0.39 is 11.2 Å². The molecule has 2 N–H and O–H groups in total. The fourth-order valence-corrected chi connectivity index (χ4v) is 12.6. The van der Waals surface area contributed by atoms with Crippen molar-refractivity contribution in [3.63, 3.8) is 0 Å². The maximum Gasteiger partial charge on any atom is 0.119 e. The maximum atomic E-state index is 12.9. The molecule has 4 aliphatic carbocycles. The Morgan fingerprint density at radius 3 is 2.72 bits per heavy atom. The molecule has 4 saturated carbocycles. The average molecular weight is 555 g/mol. The molecular formula is C33H46O5S. The lowest BCUT2D eigenvalue weighted by Crippen LogP contribution is -2.71. The molecule has 2 heterocycles. The first-order valence-electron chi connectivity index (χ1n) is 15.3. The number of aliphatic hydroxyl groups is 2. The smallest absolute Gasteiger partial charge is 0.119 e. The molecule has 9 atom stereocenters. The minimum Gasteiger partial charge on any atom is -0.494 e. The molecule has 6 aliphatic rings. The van der Waals surface area contributed by atoms with Crippen LogP contribution in [0.1, 0.15) is 103 Å². The van der Waals surface area contributed by atoms with Gasteiger partial charge >= 0.3 is 0 Å². The van der Waals surface area contributed by atoms with Gasteiger partial charge in [0.1, 0.15) is 11.4 Å². The Balaban J connectivity index is 1.35. The van der Waals surface area contributed by atoms with E-state index in [1.165, 1.54) is 10.5 Å². The molecule has 1 saturated heterocycles. The van der Waals surface area contributed by atoms with E-state index in [1.54, 1.807) is 0 Å². The van der Waals surface area contributed by atoms with Crippen LogP contribution in [0.5, 0.6) is 0 Å². The quantitative estimate of drug-likeness (QED) is 0.314. The summed E-state index contributed by atoms with van der Waals surface area (Å²) in [5, 5.41) is 24.2. The van der Waals surface area contributed by atoms with Gasteiger partial charge in [0, 0.05) is 16.9 Å². The van der Waals surface area contributed by atoms with Crippen LogP contribution >= 0.6 is 11.8 Å². The van der Waals surface area contributed by atoms with Gasteiger partial charge in [-0.2, -0.15) is 0 Å². The molecule has 2 aliphatic heterocycles. The molecule has 0 radical (unpaired) electrons. The third-order valence-electron chi connectivity index (χ3n) is 12.0. The Morgan fingerprint density at radius 1 is 1.13 bits per heavy atom. The Morgan fingerprint density at radius 2 is 1.95 bits per heavy atom. The predicted octanol–water partition coefficient (Wildman–Crippen LogP) is 6.86. The lowest BCUT2D eigenvalue weighted by molar-refractivity contribution is -0.419. The molecule has 0 aromatic heterocycles. The van der Waals surface area contributed by atoms with Crippen molar-refractivity contribution in [3.8, 4) is 0 Å². The third kappa shape index (κ3) is 3.73. The fraction of sp³-hybridized carbons (Fsp3) is 0.758. The van der Waals surface area contributed by atoms with Crippen LogP contribution in [0, 0.1) is 28.6 Å². The van der Waals surface area contributed by atoms with Gasteiger partial charge in [-0.1, -0.05) is 39.5 Å². The molecule has 1 aromatic rings. The molecular weight excluding hydrogens is 508 g/mol. The molecule has 6 heteroatoms. The van der Waals surface area contributed by atoms with Crippen LogP contribution in [0.2, 0.25) is 0 Å². The van der Waals surface area contributed by atoms with E-state index in [9.17, 15) is 10.2 Å². The summed E-state index contributed by atoms with van der Waals surface area (Å²) in [7, 11) is 0. The van der Waals surface area contributed by atoms with E-state index in [0.717, 1.165) is 56.9 Å². The fourth-order valence-electron chi connectivity index (χ4n) is 10.6. The van der Waals surface area contributed by atoms with Crippen molar-refractivity contribution in [2.45, 2.75) is 118 Å². The largest absolute Gasteiger partial charge is 0.494 e. The summed E-state index contributed by atoms with van der Waals surface area (Å²) in [4.78, 5) is 13.2. The van der Waals surface area contributed by atoms with Crippen LogP contribution < -0.4 is 0 Å². The molecule has 2 spiro atoms. The molecule has 7 rings (SSSR count). The average Bonchev–Trinajstić information content (AvgIpc) is 3.17. The molecule has 1 aromatic carbocycles. The molecule has 0 bridgehead atoms. The molecule has 1 unspecified atom stereocenters. The highest BCUT2D eigenvalue weighted by Crippen LogP contribution is 2.75. The van der Waals surface area contributed by atoms with Gasteiger partial charge in [-0.3, -0.25) is 0 Å². The summed E-state index contributed by atoms with van der Waals surface area (Å²) < 4.78 is 5.52. The highest BCUT2D eigenvalue weighted by molar-refractivity contribution is 8.01. The van der Waals surface area contributed by atoms with Gasteiger partial charge in [0.05, 0.1) is 29.7 Å². The van der Waals surface area contributed by atoms with E-state index >= 15 is 0 Å². The van der Waals surface area contributed by atoms with Crippen molar-refractivity contribution < 1.29 is 24.7 Å². The lowest BCUT2D eigenvalue weighted by Gasteiger charge is -2.69. The van der Waals surface area contributed by atoms with Crippen molar-refractivity contribution >= 4 is 17.5 Å². The summed E-state index contributed by atoms with van der Waals surface area (Å²) in [6.45, 7) is 14.2. The van der Waals surface area contributed by atoms with Crippen LogP contribution in [0.3, 0.4) is 0 Å². The SMILES string of the molecule is C=C(OCC)c1ccc2c(c1)S[C@]13CCC4(CC(C)(C)COO4)C[C@]1(O)CC[C@@H]1[C@@H]3[C@@H]2C[C@]2(C)[C@@H](O)CC[C@@H]12. The van der Waals surface area contributed by atoms with E-state index in [0.29, 0.717) is 49.1 Å². The Bertz CT molecular complexity index is 1180. The van der Waals surface area contributed by atoms with Crippen molar-refractivity contribution in [1.82, 2.24) is 0 Å². The summed E-state index contributed by atoms with van der Waals surface area (Å²) >= 11 is 1.95. The number of fused-ring (bicyclic) bond motifs is 4. The zero-order chi connectivity index (χ0) is 27.4. The Kier molecular flexibility index (Phi) is 6.01. The Labute approximate surface area is 238 Å². The lowest BCUT2D eigenvalue weighted by atomic mass is 9.44. The van der Waals surface area contributed by atoms with Gasteiger partial charge < -0.3 is 14.9 Å². The van der Waals surface area contributed by atoms with E-state index in [-0.39, 0.29) is 21.7 Å². The first kappa shape index (κ1) is 26.8. The summed E-state index contributed by atoms with van der Waals surface area (Å²) in [6, 6.07) is 6.74. The van der Waals surface area contributed by atoms with Crippen molar-refractivity contribution in [2.75, 3.05) is 13.2 Å². The number of rotatable bonds is 3. The van der Waals surface area contributed by atoms with Gasteiger partial charge in [0.15, 0.2) is 0 Å². The normalized spacial score (nSPS) is 47.5. The van der Waals surface area contributed by atoms with E-state index in [4.69, 9.17) is 14.5 Å². The first-order valence-corrected chi connectivity index (χ1v) is 16.1. The van der Waals surface area contributed by atoms with Gasteiger partial charge in [0.2, 0.25) is 0 Å². The molecule has 5 nitrogen and oxygen atoms in total. The van der Waals surface area contributed by atoms with Gasteiger partial charge in [0.25, 0.3) is 0 Å². The topological polar surface area (TPSA) is 68.2 Å². The second-order valence-electron chi connectivity index (χ2n) is 14.9. The zero-order valence-corrected chi connectivity index (χ0v) is 24.9. The van der Waals surface area contributed by atoms with Crippen molar-refractivity contribution in [3.05, 3.63) is 35.9 Å². The van der Waals surface area contributed by atoms with Crippen LogP contribution in [0.15, 0.2) is 29.7 Å². The minimum absolute atomic E-state index is 0.0341. The minimum atomic E-state index is -0.832. The number of benzene rings is 1. The second kappa shape index (κ2) is 8.73. The van der Waals surface area contributed by atoms with Gasteiger partial charge in [-0.25, -0.2) is 9.78 Å². The maximum absolute atomic E-state index is 12.9. The number of thioether (sulfide) groups is 1. The third-order valence-corrected chi connectivity index (χ3v) is 13.8. The number of hydrogen-bond acceptors (Lipinski definition) is 6. The van der Waals surface area contributed by atoms with E-state index in [2.05, 4.69) is 45.5 Å². The summed E-state index contributed by atoms with van der Waals surface area (Å²) in [5.74, 6) is 2.48. The van der Waals surface area contributed by atoms with Gasteiger partial charge in [-0.15, -0.1) is 11.8 Å². The molecule has 5 fully saturated rings. The monoisotopic (exact) mass is 554 g/mol. The molecule has 214 valence electrons. The van der Waals surface area contributed by atoms with Gasteiger partial charge in [-0.05, 0) is 104 Å². The summed E-state index contributed by atoms with van der Waals surface area (Å²) in [5.41, 5.74) is 1.13. The van der Waals surface area contributed by atoms with Crippen molar-refractivity contribution in [1.29, 1.82) is 0 Å². The number of ether oxygens (including phenoxy) is 1. The van der Waals surface area contributed by atoms with Crippen molar-refractivity contribution in [2.24, 2.45) is 28.6 Å². The number of hydrogen-bond donors (Lipinski definition) is 2. The summed E-state index contributed by atoms with van der Waals surface area (Å²) in [6.07, 6.45) is 7.99. The standard InChI is InChI=1S/C33H46O5S/c1-6-36-20(2)21-7-8-22-24-16-30(5)25(9-10-27(30)34)23-11-12-32(35)18-31(17-29(3,4)19-37-38-31)13-14-33(32,28(23)24)39-26(22)15-21/h7-8,15,23-25,27-28,34-35H,2,6,9-14,16-19H2,1,3-5H3/t23-,24+,25-,27-,28+,30-,31?,32+,33-/m0/s1. The van der Waals surface area contributed by atoms with Crippen LogP contribution in [0.25, 0.3) is 5.76 Å². The van der Waals surface area contributed by atoms with Crippen LogP contribution in [0.4, 0.5) is 0 Å². The number of aliphatic hydroxyl groups excluding tert-OH is 1. The van der Waals surface area contributed by atoms with E-state index in [1.807, 2.05) is 18.7 Å². The molecule has 39 heavy (non-hydrogen) atoms. The second-order valence-corrected chi connectivity index (χ2v) is 16.3. The zero-order valence-electron chi connectivity index (χ0n) is 24.1. The predicted molar refractivity (Wildman–Crippen MR) is 153 cm³/mol. The first-order chi connectivity index (χ1) is 18.4. The Hall–Kier alpha value is -1.05. The molecule has 0 amide bonds. The highest BCUT2D eigenvalue weighted by Gasteiger charge is 2.72. The van der Waals surface area contributed by atoms with Crippen LogP contribution in [-0.4, -0.2) is 45.5 Å². The highest BCUT2D eigenvalue weighted by atomic mass is 32.2. The van der Waals surface area contributed by atoms with Crippen LogP contribution in [-0.2, 0) is 14.5 Å².